The summed E-state index contributed by atoms with van der Waals surface area (Å²) >= 11 is 1.63. The highest BCUT2D eigenvalue weighted by Gasteiger charge is 2.10. The number of hydrogen-bond acceptors (Lipinski definition) is 3. The van der Waals surface area contributed by atoms with Crippen molar-refractivity contribution in [2.45, 2.75) is 11.8 Å². The SMILES string of the molecule is CCSc1ccccc1C(=O)NCC#Cc1ccccc1C(=O)NC. The monoisotopic (exact) mass is 352 g/mol. The van der Waals surface area contributed by atoms with Gasteiger partial charge in [-0.05, 0) is 30.0 Å². The maximum atomic E-state index is 12.3. The van der Waals surface area contributed by atoms with Gasteiger partial charge in [-0.3, -0.25) is 9.59 Å². The molecule has 2 aromatic carbocycles. The molecule has 0 bridgehead atoms. The number of hydrogen-bond donors (Lipinski definition) is 2. The lowest BCUT2D eigenvalue weighted by Gasteiger charge is -2.07. The number of carbonyl (C=O) groups is 2. The normalized spacial score (nSPS) is 9.68. The number of nitrogens with one attached hydrogen (secondary N) is 2. The topological polar surface area (TPSA) is 58.2 Å². The second-order valence-corrected chi connectivity index (χ2v) is 6.34. The van der Waals surface area contributed by atoms with Crippen LogP contribution in [0.25, 0.3) is 0 Å². The van der Waals surface area contributed by atoms with E-state index in [9.17, 15) is 9.59 Å². The molecule has 4 nitrogen and oxygen atoms in total. The van der Waals surface area contributed by atoms with Crippen molar-refractivity contribution in [2.75, 3.05) is 19.3 Å². The van der Waals surface area contributed by atoms with E-state index in [2.05, 4.69) is 29.4 Å². The summed E-state index contributed by atoms with van der Waals surface area (Å²) in [4.78, 5) is 25.1. The van der Waals surface area contributed by atoms with Gasteiger partial charge < -0.3 is 10.6 Å². The van der Waals surface area contributed by atoms with Crippen LogP contribution >= 0.6 is 11.8 Å². The molecule has 0 saturated carbocycles. The quantitative estimate of drug-likeness (QED) is 0.642. The van der Waals surface area contributed by atoms with Crippen molar-refractivity contribution in [1.29, 1.82) is 0 Å². The number of carbonyl (C=O) groups excluding carboxylic acids is 2. The largest absolute Gasteiger partial charge is 0.355 e. The van der Waals surface area contributed by atoms with Crippen LogP contribution in [0, 0.1) is 11.8 Å². The van der Waals surface area contributed by atoms with Crippen molar-refractivity contribution in [3.8, 4) is 11.8 Å². The molecule has 0 aliphatic carbocycles. The van der Waals surface area contributed by atoms with Crippen molar-refractivity contribution >= 4 is 23.6 Å². The van der Waals surface area contributed by atoms with Crippen LogP contribution in [0.5, 0.6) is 0 Å². The molecule has 0 radical (unpaired) electrons. The fourth-order valence-corrected chi connectivity index (χ4v) is 3.02. The first-order valence-electron chi connectivity index (χ1n) is 7.97. The Morgan fingerprint density at radius 3 is 2.40 bits per heavy atom. The smallest absolute Gasteiger partial charge is 0.253 e. The summed E-state index contributed by atoms with van der Waals surface area (Å²) in [7, 11) is 1.58. The molecule has 0 unspecified atom stereocenters. The fourth-order valence-electron chi connectivity index (χ4n) is 2.22. The third kappa shape index (κ3) is 5.13. The van der Waals surface area contributed by atoms with Gasteiger partial charge in [0.2, 0.25) is 0 Å². The molecule has 2 rings (SSSR count). The predicted molar refractivity (Wildman–Crippen MR) is 102 cm³/mol. The zero-order chi connectivity index (χ0) is 18.1. The highest BCUT2D eigenvalue weighted by molar-refractivity contribution is 7.99. The van der Waals surface area contributed by atoms with E-state index in [0.29, 0.717) is 16.7 Å². The molecule has 5 heteroatoms. The molecule has 2 N–H and O–H groups in total. The molecule has 128 valence electrons. The van der Waals surface area contributed by atoms with Gasteiger partial charge in [-0.25, -0.2) is 0 Å². The van der Waals surface area contributed by atoms with Gasteiger partial charge >= 0.3 is 0 Å². The van der Waals surface area contributed by atoms with Crippen LogP contribution in [0.1, 0.15) is 33.2 Å². The van der Waals surface area contributed by atoms with Crippen molar-refractivity contribution < 1.29 is 9.59 Å². The summed E-state index contributed by atoms with van der Waals surface area (Å²) in [5.74, 6) is 6.42. The van der Waals surface area contributed by atoms with Crippen LogP contribution in [-0.4, -0.2) is 31.2 Å². The Bertz CT molecular complexity index is 822. The average Bonchev–Trinajstić information content (AvgIpc) is 2.65. The molecule has 0 fully saturated rings. The van der Waals surface area contributed by atoms with Crippen LogP contribution in [0.3, 0.4) is 0 Å². The van der Waals surface area contributed by atoms with Gasteiger partial charge in [-0.1, -0.05) is 43.0 Å². The van der Waals surface area contributed by atoms with Crippen LogP contribution < -0.4 is 10.6 Å². The molecule has 25 heavy (non-hydrogen) atoms. The standard InChI is InChI=1S/C20H20N2O2S/c1-3-25-18-13-7-6-12-17(18)20(24)22-14-8-10-15-9-4-5-11-16(15)19(23)21-2/h4-7,9,11-13H,3,14H2,1-2H3,(H,21,23)(H,22,24). The van der Waals surface area contributed by atoms with Crippen LogP contribution in [0.15, 0.2) is 53.4 Å². The summed E-state index contributed by atoms with van der Waals surface area (Å²) in [6, 6.07) is 14.6. The Kier molecular flexibility index (Phi) is 7.12. The first kappa shape index (κ1) is 18.6. The molecule has 0 atom stereocenters. The number of rotatable bonds is 5. The van der Waals surface area contributed by atoms with E-state index in [1.54, 1.807) is 37.0 Å². The van der Waals surface area contributed by atoms with Crippen LogP contribution in [-0.2, 0) is 0 Å². The van der Waals surface area contributed by atoms with Crippen LogP contribution in [0.4, 0.5) is 0 Å². The maximum Gasteiger partial charge on any atom is 0.253 e. The number of benzene rings is 2. The Balaban J connectivity index is 2.04. The Morgan fingerprint density at radius 1 is 1.00 bits per heavy atom. The van der Waals surface area contributed by atoms with Gasteiger partial charge in [0.05, 0.1) is 17.7 Å². The van der Waals surface area contributed by atoms with Gasteiger partial charge in [-0.2, -0.15) is 0 Å². The molecule has 2 aromatic rings. The van der Waals surface area contributed by atoms with E-state index in [1.165, 1.54) is 0 Å². The van der Waals surface area contributed by atoms with Gasteiger partial charge in [0.1, 0.15) is 0 Å². The fraction of sp³-hybridized carbons (Fsp3) is 0.200. The summed E-state index contributed by atoms with van der Waals surface area (Å²) in [5.41, 5.74) is 1.81. The van der Waals surface area contributed by atoms with Crippen molar-refractivity contribution in [2.24, 2.45) is 0 Å². The van der Waals surface area contributed by atoms with Crippen molar-refractivity contribution in [3.63, 3.8) is 0 Å². The van der Waals surface area contributed by atoms with Gasteiger partial charge in [0, 0.05) is 17.5 Å². The van der Waals surface area contributed by atoms with E-state index in [0.717, 1.165) is 10.6 Å². The molecule has 0 aliphatic rings. The van der Waals surface area contributed by atoms with E-state index in [4.69, 9.17) is 0 Å². The van der Waals surface area contributed by atoms with E-state index < -0.39 is 0 Å². The van der Waals surface area contributed by atoms with Crippen molar-refractivity contribution in [3.05, 3.63) is 65.2 Å². The highest BCUT2D eigenvalue weighted by Crippen LogP contribution is 2.21. The molecular weight excluding hydrogens is 332 g/mol. The molecule has 0 saturated heterocycles. The first-order chi connectivity index (χ1) is 12.2. The summed E-state index contributed by atoms with van der Waals surface area (Å²) in [6.45, 7) is 2.26. The minimum Gasteiger partial charge on any atom is -0.355 e. The summed E-state index contributed by atoms with van der Waals surface area (Å²) in [5, 5.41) is 5.40. The van der Waals surface area contributed by atoms with E-state index in [-0.39, 0.29) is 18.4 Å². The zero-order valence-electron chi connectivity index (χ0n) is 14.3. The maximum absolute atomic E-state index is 12.3. The van der Waals surface area contributed by atoms with Crippen LogP contribution in [0.2, 0.25) is 0 Å². The highest BCUT2D eigenvalue weighted by atomic mass is 32.2. The lowest BCUT2D eigenvalue weighted by atomic mass is 10.1. The molecule has 0 aromatic heterocycles. The van der Waals surface area contributed by atoms with E-state index >= 15 is 0 Å². The minimum atomic E-state index is -0.181. The third-order valence-corrected chi connectivity index (χ3v) is 4.35. The zero-order valence-corrected chi connectivity index (χ0v) is 15.1. The second-order valence-electron chi connectivity index (χ2n) is 5.04. The number of thioether (sulfide) groups is 1. The first-order valence-corrected chi connectivity index (χ1v) is 8.96. The Hall–Kier alpha value is -2.71. The molecule has 0 spiro atoms. The molecule has 0 heterocycles. The predicted octanol–water partition coefficient (Wildman–Crippen LogP) is 2.94. The summed E-state index contributed by atoms with van der Waals surface area (Å²) in [6.07, 6.45) is 0. The second kappa shape index (κ2) is 9.55. The molecular formula is C20H20N2O2S. The lowest BCUT2D eigenvalue weighted by Crippen LogP contribution is -2.24. The number of amides is 2. The molecule has 0 aliphatic heterocycles. The minimum absolute atomic E-state index is 0.148. The Morgan fingerprint density at radius 2 is 1.68 bits per heavy atom. The average molecular weight is 352 g/mol. The van der Waals surface area contributed by atoms with Gasteiger partial charge in [-0.15, -0.1) is 11.8 Å². The van der Waals surface area contributed by atoms with E-state index in [1.807, 2.05) is 30.3 Å². The summed E-state index contributed by atoms with van der Waals surface area (Å²) < 4.78 is 0. The Labute approximate surface area is 152 Å². The molecule has 2 amide bonds. The third-order valence-electron chi connectivity index (χ3n) is 3.39. The van der Waals surface area contributed by atoms with Gasteiger partial charge in [0.25, 0.3) is 11.8 Å². The lowest BCUT2D eigenvalue weighted by molar-refractivity contribution is 0.0950. The van der Waals surface area contributed by atoms with Gasteiger partial charge in [0.15, 0.2) is 0 Å². The van der Waals surface area contributed by atoms with Crippen molar-refractivity contribution in [1.82, 2.24) is 10.6 Å².